The summed E-state index contributed by atoms with van der Waals surface area (Å²) in [6, 6.07) is 0. The molecule has 1 fully saturated rings. The van der Waals surface area contributed by atoms with Crippen LogP contribution in [0, 0.1) is 0 Å². The Kier molecular flexibility index (Phi) is 5.68. The monoisotopic (exact) mass is 205 g/mol. The van der Waals surface area contributed by atoms with E-state index in [9.17, 15) is 4.57 Å². The van der Waals surface area contributed by atoms with Crippen LogP contribution in [0.3, 0.4) is 0 Å². The highest BCUT2D eigenvalue weighted by molar-refractivity contribution is 7.39. The van der Waals surface area contributed by atoms with E-state index in [1.54, 1.807) is 0 Å². The van der Waals surface area contributed by atoms with Crippen LogP contribution in [0.5, 0.6) is 0 Å². The van der Waals surface area contributed by atoms with Crippen molar-refractivity contribution in [1.29, 1.82) is 0 Å². The van der Waals surface area contributed by atoms with Crippen molar-refractivity contribution in [2.75, 3.05) is 19.8 Å². The smallest absolute Gasteiger partial charge is 0.193 e. The molecular weight excluding hydrogens is 185 g/mol. The maximum absolute atomic E-state index is 11.4. The van der Waals surface area contributed by atoms with Gasteiger partial charge in [0.1, 0.15) is 0 Å². The van der Waals surface area contributed by atoms with Gasteiger partial charge in [-0.2, -0.15) is 0 Å². The molecule has 0 aromatic heterocycles. The second-order valence-electron chi connectivity index (χ2n) is 3.60. The van der Waals surface area contributed by atoms with Crippen molar-refractivity contribution in [3.8, 4) is 0 Å². The van der Waals surface area contributed by atoms with Crippen LogP contribution in [0.15, 0.2) is 0 Å². The molecule has 1 aliphatic carbocycles. The number of nitrogens with one attached hydrogen (secondary N) is 1. The molecule has 0 spiro atoms. The maximum Gasteiger partial charge on any atom is 0.193 e. The van der Waals surface area contributed by atoms with Crippen LogP contribution < -0.4 is 5.32 Å². The summed E-state index contributed by atoms with van der Waals surface area (Å²) < 4.78 is 16.9. The lowest BCUT2D eigenvalue weighted by Gasteiger charge is -2.21. The van der Waals surface area contributed by atoms with Gasteiger partial charge in [0.25, 0.3) is 0 Å². The average molecular weight is 205 g/mol. The lowest BCUT2D eigenvalue weighted by Crippen LogP contribution is -2.15. The maximum atomic E-state index is 11.4. The van der Waals surface area contributed by atoms with Gasteiger partial charge in [-0.15, -0.1) is 0 Å². The minimum atomic E-state index is -1.76. The molecule has 78 valence electrons. The molecule has 4 heteroatoms. The van der Waals surface area contributed by atoms with Crippen molar-refractivity contribution < 1.29 is 9.09 Å². The molecule has 1 rings (SSSR count). The Labute approximate surface area is 81.1 Å². The van der Waals surface area contributed by atoms with Gasteiger partial charge >= 0.3 is 0 Å². The second kappa shape index (κ2) is 6.58. The highest BCUT2D eigenvalue weighted by Gasteiger charge is 2.15. The van der Waals surface area contributed by atoms with Crippen molar-refractivity contribution in [3.05, 3.63) is 0 Å². The molecule has 1 atom stereocenters. The first-order valence-corrected chi connectivity index (χ1v) is 6.69. The molecule has 0 bridgehead atoms. The Morgan fingerprint density at radius 3 is 2.69 bits per heavy atom. The van der Waals surface area contributed by atoms with E-state index in [-0.39, 0.29) is 6.10 Å². The van der Waals surface area contributed by atoms with E-state index in [2.05, 4.69) is 5.32 Å². The van der Waals surface area contributed by atoms with Crippen LogP contribution >= 0.6 is 8.03 Å². The van der Waals surface area contributed by atoms with Gasteiger partial charge in [0, 0.05) is 12.7 Å². The first kappa shape index (κ1) is 11.2. The van der Waals surface area contributed by atoms with Crippen molar-refractivity contribution in [2.24, 2.45) is 0 Å². The van der Waals surface area contributed by atoms with Crippen molar-refractivity contribution >= 4 is 8.03 Å². The lowest BCUT2D eigenvalue weighted by atomic mass is 9.98. The Morgan fingerprint density at radius 1 is 1.38 bits per heavy atom. The quantitative estimate of drug-likeness (QED) is 0.698. The first-order valence-electron chi connectivity index (χ1n) is 5.17. The Bertz CT molecular complexity index is 158. The predicted molar refractivity (Wildman–Crippen MR) is 55.8 cm³/mol. The van der Waals surface area contributed by atoms with Gasteiger partial charge in [0.2, 0.25) is 0 Å². The van der Waals surface area contributed by atoms with Gasteiger partial charge in [-0.3, -0.25) is 4.57 Å². The molecule has 0 aliphatic heterocycles. The van der Waals surface area contributed by atoms with Gasteiger partial charge in [0.15, 0.2) is 8.03 Å². The van der Waals surface area contributed by atoms with E-state index >= 15 is 0 Å². The van der Waals surface area contributed by atoms with E-state index in [1.165, 1.54) is 19.3 Å². The number of hydrogen-bond acceptors (Lipinski definition) is 3. The van der Waals surface area contributed by atoms with E-state index in [1.807, 2.05) is 7.05 Å². The molecule has 0 heterocycles. The Balaban J connectivity index is 2.11. The SMILES string of the molecule is CNCC[PH](=O)OC1CCCCC1. The Morgan fingerprint density at radius 2 is 2.08 bits per heavy atom. The normalized spacial score (nSPS) is 21.6. The molecule has 0 aromatic carbocycles. The Hall–Kier alpha value is 0.150. The molecule has 1 aliphatic rings. The second-order valence-corrected chi connectivity index (χ2v) is 5.08. The number of rotatable bonds is 5. The van der Waals surface area contributed by atoms with E-state index in [0.29, 0.717) is 6.16 Å². The van der Waals surface area contributed by atoms with Gasteiger partial charge in [-0.1, -0.05) is 19.3 Å². The van der Waals surface area contributed by atoms with Crippen LogP contribution in [0.25, 0.3) is 0 Å². The predicted octanol–water partition coefficient (Wildman–Crippen LogP) is 2.03. The third kappa shape index (κ3) is 4.80. The third-order valence-electron chi connectivity index (χ3n) is 2.43. The third-order valence-corrected chi connectivity index (χ3v) is 3.68. The fraction of sp³-hybridized carbons (Fsp3) is 1.00. The standard InChI is InChI=1S/C9H20NO2P/c1-10-7-8-13(11)12-9-5-3-2-4-6-9/h9-10,13H,2-8H2,1H3. The molecule has 1 N–H and O–H groups in total. The van der Waals surface area contributed by atoms with Crippen LogP contribution in [0.1, 0.15) is 32.1 Å². The van der Waals surface area contributed by atoms with E-state index < -0.39 is 8.03 Å². The molecule has 13 heavy (non-hydrogen) atoms. The molecule has 0 saturated heterocycles. The molecule has 0 amide bonds. The minimum absolute atomic E-state index is 0.289. The summed E-state index contributed by atoms with van der Waals surface area (Å²) in [5.41, 5.74) is 0. The zero-order valence-electron chi connectivity index (χ0n) is 8.34. The highest BCUT2D eigenvalue weighted by atomic mass is 31.1. The average Bonchev–Trinajstić information content (AvgIpc) is 2.16. The van der Waals surface area contributed by atoms with Crippen molar-refractivity contribution in [1.82, 2.24) is 5.32 Å². The van der Waals surface area contributed by atoms with Gasteiger partial charge in [-0.05, 0) is 19.9 Å². The highest BCUT2D eigenvalue weighted by Crippen LogP contribution is 2.30. The molecule has 1 unspecified atom stereocenters. The summed E-state index contributed by atoms with van der Waals surface area (Å²) in [7, 11) is 0.107. The zero-order chi connectivity index (χ0) is 9.52. The van der Waals surface area contributed by atoms with Crippen molar-refractivity contribution in [3.63, 3.8) is 0 Å². The van der Waals surface area contributed by atoms with E-state index in [4.69, 9.17) is 4.52 Å². The van der Waals surface area contributed by atoms with Crippen LogP contribution in [-0.4, -0.2) is 25.9 Å². The van der Waals surface area contributed by atoms with Crippen LogP contribution in [-0.2, 0) is 9.09 Å². The molecule has 1 saturated carbocycles. The molecule has 3 nitrogen and oxygen atoms in total. The van der Waals surface area contributed by atoms with Crippen LogP contribution in [0.2, 0.25) is 0 Å². The van der Waals surface area contributed by atoms with Gasteiger partial charge in [0.05, 0.1) is 6.10 Å². The summed E-state index contributed by atoms with van der Waals surface area (Å²) in [5.74, 6) is 0. The topological polar surface area (TPSA) is 38.3 Å². The first-order chi connectivity index (χ1) is 6.33. The van der Waals surface area contributed by atoms with Crippen LogP contribution in [0.4, 0.5) is 0 Å². The fourth-order valence-electron chi connectivity index (χ4n) is 1.65. The summed E-state index contributed by atoms with van der Waals surface area (Å²) in [6.45, 7) is 0.796. The fourth-order valence-corrected chi connectivity index (χ4v) is 2.83. The zero-order valence-corrected chi connectivity index (χ0v) is 9.34. The molecular formula is C9H20NO2P. The lowest BCUT2D eigenvalue weighted by molar-refractivity contribution is 0.166. The number of hydrogen-bond donors (Lipinski definition) is 1. The van der Waals surface area contributed by atoms with Crippen molar-refractivity contribution in [2.45, 2.75) is 38.2 Å². The summed E-state index contributed by atoms with van der Waals surface area (Å²) in [4.78, 5) is 0. The van der Waals surface area contributed by atoms with Gasteiger partial charge < -0.3 is 9.84 Å². The summed E-state index contributed by atoms with van der Waals surface area (Å²) in [5, 5.41) is 2.98. The van der Waals surface area contributed by atoms with Gasteiger partial charge in [-0.25, -0.2) is 0 Å². The van der Waals surface area contributed by atoms with E-state index in [0.717, 1.165) is 19.4 Å². The molecule has 0 aromatic rings. The minimum Gasteiger partial charge on any atom is -0.327 e. The summed E-state index contributed by atoms with van der Waals surface area (Å²) in [6.07, 6.45) is 6.98. The largest absolute Gasteiger partial charge is 0.327 e. The summed E-state index contributed by atoms with van der Waals surface area (Å²) >= 11 is 0. The molecule has 0 radical (unpaired) electrons.